The van der Waals surface area contributed by atoms with E-state index in [2.05, 4.69) is 4.98 Å². The first-order chi connectivity index (χ1) is 7.66. The van der Waals surface area contributed by atoms with Gasteiger partial charge in [0, 0.05) is 24.5 Å². The number of hydrogen-bond acceptors (Lipinski definition) is 2. The average molecular weight is 216 g/mol. The Hall–Kier alpha value is -1.64. The summed E-state index contributed by atoms with van der Waals surface area (Å²) in [6.45, 7) is 6.69. The van der Waals surface area contributed by atoms with Gasteiger partial charge in [-0.2, -0.15) is 0 Å². The number of hydrogen-bond donors (Lipinski definition) is 0. The SMILES string of the molecule is CCN1C(=O)C(C)=C(C)C1c1ccncc1. The molecular formula is C13H16N2O. The molecule has 0 fully saturated rings. The Morgan fingerprint density at radius 3 is 2.50 bits per heavy atom. The molecule has 2 rings (SSSR count). The first kappa shape index (κ1) is 10.9. The number of carbonyl (C=O) groups is 1. The lowest BCUT2D eigenvalue weighted by molar-refractivity contribution is -0.126. The highest BCUT2D eigenvalue weighted by Crippen LogP contribution is 2.36. The molecule has 0 bridgehead atoms. The van der Waals surface area contributed by atoms with E-state index in [1.807, 2.05) is 37.8 Å². The van der Waals surface area contributed by atoms with E-state index in [0.717, 1.165) is 23.3 Å². The second-order valence-corrected chi connectivity index (χ2v) is 4.08. The highest BCUT2D eigenvalue weighted by molar-refractivity contribution is 5.97. The minimum absolute atomic E-state index is 0.0977. The molecule has 1 atom stereocenters. The maximum Gasteiger partial charge on any atom is 0.250 e. The third kappa shape index (κ3) is 1.52. The molecule has 0 radical (unpaired) electrons. The van der Waals surface area contributed by atoms with Crippen LogP contribution in [0.5, 0.6) is 0 Å². The molecule has 3 nitrogen and oxygen atoms in total. The molecule has 0 aliphatic carbocycles. The van der Waals surface area contributed by atoms with Crippen molar-refractivity contribution in [3.63, 3.8) is 0 Å². The van der Waals surface area contributed by atoms with Crippen molar-refractivity contribution < 1.29 is 4.79 Å². The molecule has 16 heavy (non-hydrogen) atoms. The fourth-order valence-electron chi connectivity index (χ4n) is 2.24. The summed E-state index contributed by atoms with van der Waals surface area (Å²) in [6.07, 6.45) is 3.54. The summed E-state index contributed by atoms with van der Waals surface area (Å²) in [5.41, 5.74) is 3.17. The molecule has 0 aromatic carbocycles. The lowest BCUT2D eigenvalue weighted by Gasteiger charge is -2.25. The summed E-state index contributed by atoms with van der Waals surface area (Å²) in [5, 5.41) is 0. The third-order valence-corrected chi connectivity index (χ3v) is 3.26. The zero-order chi connectivity index (χ0) is 11.7. The van der Waals surface area contributed by atoms with E-state index < -0.39 is 0 Å². The van der Waals surface area contributed by atoms with Gasteiger partial charge in [0.2, 0.25) is 5.91 Å². The van der Waals surface area contributed by atoms with Crippen LogP contribution in [0, 0.1) is 0 Å². The molecule has 1 aromatic heterocycles. The Balaban J connectivity index is 2.44. The standard InChI is InChI=1S/C13H16N2O/c1-4-15-12(9(2)10(3)13(15)16)11-5-7-14-8-6-11/h5-8,12H,4H2,1-3H3. The summed E-state index contributed by atoms with van der Waals surface area (Å²) in [5.74, 6) is 0.154. The Morgan fingerprint density at radius 1 is 1.31 bits per heavy atom. The van der Waals surface area contributed by atoms with E-state index in [0.29, 0.717) is 0 Å². The number of rotatable bonds is 2. The Kier molecular flexibility index (Phi) is 2.77. The van der Waals surface area contributed by atoms with Crippen molar-refractivity contribution in [2.45, 2.75) is 26.8 Å². The van der Waals surface area contributed by atoms with Gasteiger partial charge in [0.05, 0.1) is 6.04 Å². The number of nitrogens with zero attached hydrogens (tertiary/aromatic N) is 2. The molecule has 1 amide bonds. The lowest BCUT2D eigenvalue weighted by atomic mass is 10.0. The van der Waals surface area contributed by atoms with Gasteiger partial charge in [-0.1, -0.05) is 0 Å². The van der Waals surface area contributed by atoms with Crippen molar-refractivity contribution in [3.8, 4) is 0 Å². The molecule has 84 valence electrons. The molecule has 3 heteroatoms. The van der Waals surface area contributed by atoms with Crippen molar-refractivity contribution in [3.05, 3.63) is 41.2 Å². The van der Waals surface area contributed by atoms with Gasteiger partial charge in [0.25, 0.3) is 0 Å². The van der Waals surface area contributed by atoms with E-state index >= 15 is 0 Å². The average Bonchev–Trinajstić information content (AvgIpc) is 2.54. The molecule has 0 saturated carbocycles. The Labute approximate surface area is 95.8 Å². The van der Waals surface area contributed by atoms with Crippen LogP contribution >= 0.6 is 0 Å². The molecule has 0 spiro atoms. The number of pyridine rings is 1. The summed E-state index contributed by atoms with van der Waals surface area (Å²) >= 11 is 0. The summed E-state index contributed by atoms with van der Waals surface area (Å²) in [7, 11) is 0. The normalized spacial score (nSPS) is 20.8. The fraction of sp³-hybridized carbons (Fsp3) is 0.385. The first-order valence-corrected chi connectivity index (χ1v) is 5.55. The maximum atomic E-state index is 12.0. The third-order valence-electron chi connectivity index (χ3n) is 3.26. The van der Waals surface area contributed by atoms with Gasteiger partial charge in [0.15, 0.2) is 0 Å². The molecule has 1 aliphatic rings. The lowest BCUT2D eigenvalue weighted by Crippen LogP contribution is -2.29. The topological polar surface area (TPSA) is 33.2 Å². The molecule has 2 heterocycles. The minimum atomic E-state index is 0.0977. The van der Waals surface area contributed by atoms with Crippen LogP contribution in [0.2, 0.25) is 0 Å². The predicted octanol–water partition coefficient (Wildman–Crippen LogP) is 2.32. The van der Waals surface area contributed by atoms with E-state index in [1.165, 1.54) is 0 Å². The molecule has 0 N–H and O–H groups in total. The minimum Gasteiger partial charge on any atom is -0.328 e. The Morgan fingerprint density at radius 2 is 1.94 bits per heavy atom. The summed E-state index contributed by atoms with van der Waals surface area (Å²) in [4.78, 5) is 17.9. The molecule has 0 saturated heterocycles. The van der Waals surface area contributed by atoms with Gasteiger partial charge in [0.1, 0.15) is 0 Å². The fourth-order valence-corrected chi connectivity index (χ4v) is 2.24. The van der Waals surface area contributed by atoms with E-state index in [4.69, 9.17) is 0 Å². The van der Waals surface area contributed by atoms with Gasteiger partial charge in [-0.25, -0.2) is 0 Å². The van der Waals surface area contributed by atoms with Crippen LogP contribution in [0.15, 0.2) is 35.7 Å². The van der Waals surface area contributed by atoms with Gasteiger partial charge >= 0.3 is 0 Å². The number of aromatic nitrogens is 1. The van der Waals surface area contributed by atoms with Gasteiger partial charge in [-0.3, -0.25) is 9.78 Å². The monoisotopic (exact) mass is 216 g/mol. The van der Waals surface area contributed by atoms with E-state index in [-0.39, 0.29) is 11.9 Å². The zero-order valence-electron chi connectivity index (χ0n) is 9.90. The Bertz CT molecular complexity index is 437. The highest BCUT2D eigenvalue weighted by atomic mass is 16.2. The summed E-state index contributed by atoms with van der Waals surface area (Å²) < 4.78 is 0. The van der Waals surface area contributed by atoms with Crippen LogP contribution in [0.25, 0.3) is 0 Å². The first-order valence-electron chi connectivity index (χ1n) is 5.55. The highest BCUT2D eigenvalue weighted by Gasteiger charge is 2.34. The summed E-state index contributed by atoms with van der Waals surface area (Å²) in [6, 6.07) is 4.05. The second-order valence-electron chi connectivity index (χ2n) is 4.08. The van der Waals surface area contributed by atoms with Crippen molar-refractivity contribution in [2.75, 3.05) is 6.54 Å². The molecular weight excluding hydrogens is 200 g/mol. The van der Waals surface area contributed by atoms with Gasteiger partial charge in [-0.05, 0) is 44.0 Å². The number of likely N-dealkylation sites (N-methyl/N-ethyl adjacent to an activating group) is 1. The zero-order valence-corrected chi connectivity index (χ0v) is 9.90. The maximum absolute atomic E-state index is 12.0. The van der Waals surface area contributed by atoms with Crippen molar-refractivity contribution in [1.29, 1.82) is 0 Å². The molecule has 1 unspecified atom stereocenters. The largest absolute Gasteiger partial charge is 0.328 e. The second kappa shape index (κ2) is 4.08. The van der Waals surface area contributed by atoms with Crippen LogP contribution in [-0.4, -0.2) is 22.3 Å². The van der Waals surface area contributed by atoms with E-state index in [9.17, 15) is 4.79 Å². The van der Waals surface area contributed by atoms with Crippen molar-refractivity contribution in [1.82, 2.24) is 9.88 Å². The predicted molar refractivity (Wildman–Crippen MR) is 62.7 cm³/mol. The van der Waals surface area contributed by atoms with E-state index in [1.54, 1.807) is 12.4 Å². The van der Waals surface area contributed by atoms with Crippen LogP contribution in [0.4, 0.5) is 0 Å². The van der Waals surface area contributed by atoms with Crippen LogP contribution in [0.3, 0.4) is 0 Å². The molecule has 1 aromatic rings. The number of carbonyl (C=O) groups excluding carboxylic acids is 1. The van der Waals surface area contributed by atoms with Crippen molar-refractivity contribution >= 4 is 5.91 Å². The van der Waals surface area contributed by atoms with Gasteiger partial charge < -0.3 is 4.90 Å². The smallest absolute Gasteiger partial charge is 0.250 e. The van der Waals surface area contributed by atoms with Gasteiger partial charge in [-0.15, -0.1) is 0 Å². The quantitative estimate of drug-likeness (QED) is 0.760. The van der Waals surface area contributed by atoms with Crippen LogP contribution in [-0.2, 0) is 4.79 Å². The van der Waals surface area contributed by atoms with Crippen LogP contribution < -0.4 is 0 Å². The van der Waals surface area contributed by atoms with Crippen molar-refractivity contribution in [2.24, 2.45) is 0 Å². The van der Waals surface area contributed by atoms with Crippen LogP contribution in [0.1, 0.15) is 32.4 Å². The molecule has 1 aliphatic heterocycles. The number of amides is 1.